The number of imidazole rings is 1. The summed E-state index contributed by atoms with van der Waals surface area (Å²) in [6, 6.07) is 16.8. The molecule has 0 unspecified atom stereocenters. The zero-order chi connectivity index (χ0) is 23.0. The van der Waals surface area contributed by atoms with Crippen molar-refractivity contribution >= 4 is 16.9 Å². The Balaban J connectivity index is 2.02. The molecule has 0 bridgehead atoms. The van der Waals surface area contributed by atoms with E-state index in [0.717, 1.165) is 11.1 Å². The van der Waals surface area contributed by atoms with E-state index >= 15 is 0 Å². The van der Waals surface area contributed by atoms with E-state index in [4.69, 9.17) is 0 Å². The van der Waals surface area contributed by atoms with Gasteiger partial charge < -0.3 is 4.57 Å². The van der Waals surface area contributed by atoms with E-state index in [1.165, 1.54) is 15.5 Å². The van der Waals surface area contributed by atoms with Gasteiger partial charge in [-0.25, -0.2) is 14.3 Å². The molecule has 4 aromatic rings. The molecule has 0 saturated heterocycles. The van der Waals surface area contributed by atoms with Gasteiger partial charge in [0.2, 0.25) is 0 Å². The number of ketones is 1. The molecule has 0 aliphatic rings. The Morgan fingerprint density at radius 3 is 2.28 bits per heavy atom. The Hall–Kier alpha value is -3.74. The molecule has 2 heterocycles. The fourth-order valence-corrected chi connectivity index (χ4v) is 3.63. The third-order valence-corrected chi connectivity index (χ3v) is 5.59. The molecule has 0 fully saturated rings. The van der Waals surface area contributed by atoms with Gasteiger partial charge in [0.05, 0.1) is 25.1 Å². The number of aromatic nitrogens is 4. The topological polar surface area (TPSA) is 78.9 Å². The molecule has 32 heavy (non-hydrogen) atoms. The number of hydrogen-bond acceptors (Lipinski definition) is 4. The normalized spacial score (nSPS) is 11.8. The van der Waals surface area contributed by atoms with Crippen LogP contribution in [0.4, 0.5) is 0 Å². The molecule has 164 valence electrons. The largest absolute Gasteiger partial charge is 0.337 e. The van der Waals surface area contributed by atoms with Crippen molar-refractivity contribution in [3.63, 3.8) is 0 Å². The van der Waals surface area contributed by atoms with E-state index in [2.05, 4.69) is 4.98 Å². The molecule has 0 atom stereocenters. The smallest absolute Gasteiger partial charge is 0.317 e. The van der Waals surface area contributed by atoms with Gasteiger partial charge in [-0.05, 0) is 24.1 Å². The van der Waals surface area contributed by atoms with E-state index in [1.54, 1.807) is 4.57 Å². The highest BCUT2D eigenvalue weighted by atomic mass is 16.2. The van der Waals surface area contributed by atoms with Crippen molar-refractivity contribution in [3.8, 4) is 5.69 Å². The summed E-state index contributed by atoms with van der Waals surface area (Å²) in [6.45, 7) is 7.55. The van der Waals surface area contributed by atoms with Gasteiger partial charge in [-0.1, -0.05) is 69.3 Å². The summed E-state index contributed by atoms with van der Waals surface area (Å²) in [5.74, 6) is -0.0283. The van der Waals surface area contributed by atoms with Crippen LogP contribution in [0.15, 0.2) is 70.5 Å². The summed E-state index contributed by atoms with van der Waals surface area (Å²) in [4.78, 5) is 44.2. The number of hydrogen-bond donors (Lipinski definition) is 0. The maximum absolute atomic E-state index is 13.6. The minimum atomic E-state index is -0.565. The molecular formula is C25H26N4O3. The maximum Gasteiger partial charge on any atom is 0.337 e. The molecule has 7 heteroatoms. The summed E-state index contributed by atoms with van der Waals surface area (Å²) in [6.07, 6.45) is 1.47. The number of Topliss-reactive ketones (excluding diaryl/α,β-unsaturated/α-hetero) is 1. The first kappa shape index (κ1) is 21.5. The zero-order valence-electron chi connectivity index (χ0n) is 18.7. The third kappa shape index (κ3) is 3.82. The number of carbonyl (C=O) groups is 1. The van der Waals surface area contributed by atoms with Crippen molar-refractivity contribution in [2.75, 3.05) is 0 Å². The van der Waals surface area contributed by atoms with Gasteiger partial charge in [-0.2, -0.15) is 0 Å². The van der Waals surface area contributed by atoms with Crippen LogP contribution in [0.3, 0.4) is 0 Å². The fraction of sp³-hybridized carbons (Fsp3) is 0.280. The lowest BCUT2D eigenvalue weighted by atomic mass is 9.91. The predicted octanol–water partition coefficient (Wildman–Crippen LogP) is 3.32. The first-order chi connectivity index (χ1) is 15.2. The number of benzene rings is 2. The lowest BCUT2D eigenvalue weighted by Gasteiger charge is -2.17. The fourth-order valence-electron chi connectivity index (χ4n) is 3.63. The summed E-state index contributed by atoms with van der Waals surface area (Å²) < 4.78 is 4.23. The van der Waals surface area contributed by atoms with Gasteiger partial charge in [0.25, 0.3) is 5.56 Å². The first-order valence-corrected chi connectivity index (χ1v) is 10.5. The van der Waals surface area contributed by atoms with Gasteiger partial charge in [0, 0.05) is 5.41 Å². The second-order valence-corrected chi connectivity index (χ2v) is 9.00. The average Bonchev–Trinajstić information content (AvgIpc) is 3.16. The Morgan fingerprint density at radius 1 is 0.969 bits per heavy atom. The first-order valence-electron chi connectivity index (χ1n) is 10.5. The number of aryl methyl sites for hydroxylation is 1. The van der Waals surface area contributed by atoms with Gasteiger partial charge in [0.15, 0.2) is 16.9 Å². The van der Waals surface area contributed by atoms with Crippen molar-refractivity contribution in [2.45, 2.75) is 40.8 Å². The van der Waals surface area contributed by atoms with Crippen LogP contribution in [-0.4, -0.2) is 24.5 Å². The molecule has 0 spiro atoms. The van der Waals surface area contributed by atoms with Gasteiger partial charge in [-0.15, -0.1) is 0 Å². The van der Waals surface area contributed by atoms with Crippen LogP contribution in [0.25, 0.3) is 16.9 Å². The van der Waals surface area contributed by atoms with Gasteiger partial charge >= 0.3 is 5.69 Å². The molecule has 0 saturated carbocycles. The second kappa shape index (κ2) is 8.07. The zero-order valence-corrected chi connectivity index (χ0v) is 18.7. The SMILES string of the molecule is Cc1ccccc1-n1c(=O)n(Cc2ccccc2)c(=O)c2c1ncn2CC(=O)C(C)(C)C. The average molecular weight is 431 g/mol. The standard InChI is InChI=1S/C25H26N4O3/c1-17-10-8-9-13-19(17)29-22-21(27(16-26-22)15-20(30)25(2,3)4)23(31)28(24(29)32)14-18-11-6-5-7-12-18/h5-13,16H,14-15H2,1-4H3. The minimum Gasteiger partial charge on any atom is -0.317 e. The highest BCUT2D eigenvalue weighted by molar-refractivity contribution is 5.85. The number of carbonyl (C=O) groups excluding carboxylic acids is 1. The molecule has 0 amide bonds. The summed E-state index contributed by atoms with van der Waals surface area (Å²) in [7, 11) is 0. The maximum atomic E-state index is 13.6. The predicted molar refractivity (Wildman–Crippen MR) is 124 cm³/mol. The van der Waals surface area contributed by atoms with E-state index < -0.39 is 16.7 Å². The van der Waals surface area contributed by atoms with Crippen LogP contribution in [-0.2, 0) is 17.9 Å². The molecule has 2 aromatic heterocycles. The van der Waals surface area contributed by atoms with Crippen molar-refractivity contribution in [2.24, 2.45) is 5.41 Å². The van der Waals surface area contributed by atoms with Crippen molar-refractivity contribution in [1.82, 2.24) is 18.7 Å². The lowest BCUT2D eigenvalue weighted by Crippen LogP contribution is -2.40. The van der Waals surface area contributed by atoms with Crippen LogP contribution in [0.1, 0.15) is 31.9 Å². The van der Waals surface area contributed by atoms with E-state index in [-0.39, 0.29) is 30.0 Å². The monoisotopic (exact) mass is 430 g/mol. The Kier molecular flexibility index (Phi) is 5.42. The van der Waals surface area contributed by atoms with Crippen LogP contribution in [0, 0.1) is 12.3 Å². The van der Waals surface area contributed by atoms with Crippen molar-refractivity contribution in [3.05, 3.63) is 92.9 Å². The van der Waals surface area contributed by atoms with Gasteiger partial charge in [-0.3, -0.25) is 14.2 Å². The summed E-state index contributed by atoms with van der Waals surface area (Å²) >= 11 is 0. The van der Waals surface area contributed by atoms with E-state index in [0.29, 0.717) is 5.69 Å². The third-order valence-electron chi connectivity index (χ3n) is 5.59. The number of para-hydroxylation sites is 1. The Labute approximate surface area is 185 Å². The quantitative estimate of drug-likeness (QED) is 0.487. The lowest BCUT2D eigenvalue weighted by molar-refractivity contribution is -0.126. The second-order valence-electron chi connectivity index (χ2n) is 9.00. The van der Waals surface area contributed by atoms with Crippen molar-refractivity contribution in [1.29, 1.82) is 0 Å². The minimum absolute atomic E-state index is 0.00650. The molecule has 0 aliphatic heterocycles. The number of nitrogens with zero attached hydrogens (tertiary/aromatic N) is 4. The number of rotatable bonds is 5. The molecule has 2 aromatic carbocycles. The van der Waals surface area contributed by atoms with E-state index in [1.807, 2.05) is 82.3 Å². The molecule has 7 nitrogen and oxygen atoms in total. The van der Waals surface area contributed by atoms with Gasteiger partial charge in [0.1, 0.15) is 0 Å². The molecule has 0 radical (unpaired) electrons. The number of fused-ring (bicyclic) bond motifs is 1. The van der Waals surface area contributed by atoms with E-state index in [9.17, 15) is 14.4 Å². The Bertz CT molecular complexity index is 1420. The highest BCUT2D eigenvalue weighted by Gasteiger charge is 2.25. The van der Waals surface area contributed by atoms with Crippen LogP contribution >= 0.6 is 0 Å². The van der Waals surface area contributed by atoms with Crippen LogP contribution in [0.5, 0.6) is 0 Å². The summed E-state index contributed by atoms with van der Waals surface area (Å²) in [5, 5.41) is 0. The van der Waals surface area contributed by atoms with Crippen molar-refractivity contribution < 1.29 is 4.79 Å². The summed E-state index contributed by atoms with van der Waals surface area (Å²) in [5.41, 5.74) is 1.36. The Morgan fingerprint density at radius 2 is 1.62 bits per heavy atom. The van der Waals surface area contributed by atoms with Crippen LogP contribution in [0.2, 0.25) is 0 Å². The highest BCUT2D eigenvalue weighted by Crippen LogP contribution is 2.19. The molecule has 0 N–H and O–H groups in total. The molecule has 4 rings (SSSR count). The molecular weight excluding hydrogens is 404 g/mol. The molecule has 0 aliphatic carbocycles. The van der Waals surface area contributed by atoms with Crippen LogP contribution < -0.4 is 11.2 Å².